The van der Waals surface area contributed by atoms with Crippen molar-refractivity contribution in [2.24, 2.45) is 0 Å². The Labute approximate surface area is 244 Å². The molecule has 0 aromatic rings. The van der Waals surface area contributed by atoms with Crippen molar-refractivity contribution in [2.75, 3.05) is 0 Å². The molecule has 0 saturated carbocycles. The average molecular weight is 555 g/mol. The number of carbonyl (C=O) groups is 2. The van der Waals surface area contributed by atoms with Crippen LogP contribution in [0.1, 0.15) is 142 Å². The van der Waals surface area contributed by atoms with Gasteiger partial charge in [-0.15, -0.1) is 0 Å². The predicted molar refractivity (Wildman–Crippen MR) is 177 cm³/mol. The maximum absolute atomic E-state index is 12.1. The Hall–Kier alpha value is -1.79. The summed E-state index contributed by atoms with van der Waals surface area (Å²) in [4.78, 5) is 24.2. The van der Waals surface area contributed by atoms with Crippen molar-refractivity contribution in [1.82, 2.24) is 0 Å². The predicted octanol–water partition coefficient (Wildman–Crippen LogP) is 11.9. The molecule has 0 heterocycles. The lowest BCUT2D eigenvalue weighted by atomic mass is 10.1. The van der Waals surface area contributed by atoms with Crippen LogP contribution >= 0.6 is 8.58 Å². The van der Waals surface area contributed by atoms with Crippen LogP contribution in [-0.4, -0.2) is 11.0 Å². The van der Waals surface area contributed by atoms with Crippen LogP contribution in [0.25, 0.3) is 0 Å². The number of hydrogen-bond acceptors (Lipinski definition) is 2. The van der Waals surface area contributed by atoms with E-state index in [1.807, 2.05) is 0 Å². The first-order chi connectivity index (χ1) is 19.2. The van der Waals surface area contributed by atoms with Gasteiger partial charge in [-0.3, -0.25) is 9.59 Å². The van der Waals surface area contributed by atoms with Gasteiger partial charge in [0.2, 0.25) is 0 Å². The van der Waals surface area contributed by atoms with E-state index in [2.05, 4.69) is 86.8 Å². The molecular formula is C36H59O2P. The third-order valence-corrected chi connectivity index (χ3v) is 7.45. The summed E-state index contributed by atoms with van der Waals surface area (Å²) in [5.74, 6) is 0. The molecule has 0 unspecified atom stereocenters. The molecule has 0 aromatic carbocycles. The van der Waals surface area contributed by atoms with E-state index in [1.54, 1.807) is 0 Å². The summed E-state index contributed by atoms with van der Waals surface area (Å²) < 4.78 is 0. The summed E-state index contributed by atoms with van der Waals surface area (Å²) in [5.41, 5.74) is 0.334. The lowest BCUT2D eigenvalue weighted by molar-refractivity contribution is -0.113. The van der Waals surface area contributed by atoms with E-state index < -0.39 is 0 Å². The molecule has 0 fully saturated rings. The van der Waals surface area contributed by atoms with E-state index in [0.29, 0.717) is 12.8 Å². The Morgan fingerprint density at radius 2 is 0.718 bits per heavy atom. The van der Waals surface area contributed by atoms with E-state index in [9.17, 15) is 9.59 Å². The molecule has 2 nitrogen and oxygen atoms in total. The number of allylic oxidation sites excluding steroid dienone is 12. The molecule has 39 heavy (non-hydrogen) atoms. The second kappa shape index (κ2) is 32.4. The summed E-state index contributed by atoms with van der Waals surface area (Å²) in [7, 11) is -0.113. The summed E-state index contributed by atoms with van der Waals surface area (Å²) >= 11 is 0. The highest BCUT2D eigenvalue weighted by molar-refractivity contribution is 7.73. The average Bonchev–Trinajstić information content (AvgIpc) is 2.93. The number of unbranched alkanes of at least 4 members (excludes halogenated alkanes) is 10. The van der Waals surface area contributed by atoms with Crippen LogP contribution in [0.15, 0.2) is 72.9 Å². The van der Waals surface area contributed by atoms with Crippen molar-refractivity contribution in [1.29, 1.82) is 0 Å². The number of carbonyl (C=O) groups excluding carboxylic acids is 2. The maximum Gasteiger partial charge on any atom is 0.158 e. The van der Waals surface area contributed by atoms with E-state index in [-0.39, 0.29) is 19.6 Å². The van der Waals surface area contributed by atoms with Crippen LogP contribution in [0.2, 0.25) is 0 Å². The zero-order valence-corrected chi connectivity index (χ0v) is 26.4. The van der Waals surface area contributed by atoms with Crippen molar-refractivity contribution in [2.45, 2.75) is 142 Å². The highest BCUT2D eigenvalue weighted by atomic mass is 31.1. The van der Waals surface area contributed by atoms with Gasteiger partial charge < -0.3 is 0 Å². The van der Waals surface area contributed by atoms with Gasteiger partial charge in [0.15, 0.2) is 11.0 Å². The summed E-state index contributed by atoms with van der Waals surface area (Å²) in [5, 5.41) is 0. The smallest absolute Gasteiger partial charge is 0.158 e. The van der Waals surface area contributed by atoms with Crippen LogP contribution in [0.5, 0.6) is 0 Å². The fourth-order valence-electron chi connectivity index (χ4n) is 4.09. The molecular weight excluding hydrogens is 495 g/mol. The molecule has 0 aliphatic rings. The van der Waals surface area contributed by atoms with Crippen LogP contribution in [0.3, 0.4) is 0 Å². The van der Waals surface area contributed by atoms with Crippen LogP contribution < -0.4 is 0 Å². The Bertz CT molecular complexity index is 677. The number of hydrogen-bond donors (Lipinski definition) is 0. The molecule has 0 radical (unpaired) electrons. The molecule has 0 saturated heterocycles. The normalized spacial score (nSPS) is 12.6. The highest BCUT2D eigenvalue weighted by Gasteiger charge is 2.09. The quantitative estimate of drug-likeness (QED) is 0.0547. The minimum atomic E-state index is -0.113. The zero-order chi connectivity index (χ0) is 28.5. The maximum atomic E-state index is 12.1. The molecule has 220 valence electrons. The second-order valence-corrected chi connectivity index (χ2v) is 11.5. The van der Waals surface area contributed by atoms with Crippen LogP contribution in [0.4, 0.5) is 0 Å². The monoisotopic (exact) mass is 554 g/mol. The van der Waals surface area contributed by atoms with E-state index in [4.69, 9.17) is 0 Å². The van der Waals surface area contributed by atoms with Gasteiger partial charge in [0.05, 0.1) is 0 Å². The first-order valence-electron chi connectivity index (χ1n) is 15.9. The third-order valence-electron chi connectivity index (χ3n) is 6.39. The summed E-state index contributed by atoms with van der Waals surface area (Å²) in [6.07, 6.45) is 48.0. The van der Waals surface area contributed by atoms with Crippen LogP contribution in [0, 0.1) is 0 Å². The molecule has 0 atom stereocenters. The fraction of sp³-hybridized carbons (Fsp3) is 0.611. The molecule has 0 spiro atoms. The fourth-order valence-corrected chi connectivity index (χ4v) is 5.00. The standard InChI is InChI=1S/C36H59O2P/c1-3-5-7-9-11-13-15-17-19-21-23-25-27-29-31-33-35(37)39-36(38)34-32-30-28-26-24-22-20-18-16-14-12-10-8-6-4-2/h5-8,11-14,17-20,39H,3-4,9-10,15-16,21-34H2,1-2H3/b7-5-,8-6-,13-11-,14-12-,19-17-,20-18-. The Balaban J connectivity index is 3.47. The summed E-state index contributed by atoms with van der Waals surface area (Å²) in [6.45, 7) is 4.32. The van der Waals surface area contributed by atoms with Gasteiger partial charge in [0.1, 0.15) is 0 Å². The van der Waals surface area contributed by atoms with Gasteiger partial charge in [0.25, 0.3) is 0 Å². The molecule has 0 rings (SSSR count). The van der Waals surface area contributed by atoms with E-state index in [0.717, 1.165) is 77.0 Å². The van der Waals surface area contributed by atoms with Crippen molar-refractivity contribution in [3.8, 4) is 0 Å². The molecule has 0 bridgehead atoms. The van der Waals surface area contributed by atoms with Gasteiger partial charge >= 0.3 is 0 Å². The minimum Gasteiger partial charge on any atom is -0.294 e. The molecule has 0 N–H and O–H groups in total. The lowest BCUT2D eigenvalue weighted by Crippen LogP contribution is -1.97. The van der Waals surface area contributed by atoms with Gasteiger partial charge in [-0.1, -0.05) is 125 Å². The van der Waals surface area contributed by atoms with Crippen molar-refractivity contribution in [3.05, 3.63) is 72.9 Å². The largest absolute Gasteiger partial charge is 0.294 e. The third kappa shape index (κ3) is 32.3. The van der Waals surface area contributed by atoms with Crippen molar-refractivity contribution in [3.63, 3.8) is 0 Å². The molecule has 0 aliphatic carbocycles. The highest BCUT2D eigenvalue weighted by Crippen LogP contribution is 2.22. The topological polar surface area (TPSA) is 34.1 Å². The van der Waals surface area contributed by atoms with Crippen molar-refractivity contribution < 1.29 is 9.59 Å². The minimum absolute atomic E-state index is 0.113. The molecule has 0 aromatic heterocycles. The SMILES string of the molecule is CC/C=C\C/C=C\C/C=C\CCCCCCCC(=O)PC(=O)CCCCCCC/C=C\C/C=C\C/C=C\CC. The van der Waals surface area contributed by atoms with Gasteiger partial charge in [-0.25, -0.2) is 0 Å². The van der Waals surface area contributed by atoms with Gasteiger partial charge in [-0.05, 0) is 77.0 Å². The van der Waals surface area contributed by atoms with Gasteiger partial charge in [0, 0.05) is 21.4 Å². The second-order valence-electron chi connectivity index (χ2n) is 10.2. The first-order valence-corrected chi connectivity index (χ1v) is 16.9. The Morgan fingerprint density at radius 1 is 0.410 bits per heavy atom. The zero-order valence-electron chi connectivity index (χ0n) is 25.4. The van der Waals surface area contributed by atoms with Gasteiger partial charge in [-0.2, -0.15) is 0 Å². The van der Waals surface area contributed by atoms with Crippen LogP contribution in [-0.2, 0) is 9.59 Å². The lowest BCUT2D eigenvalue weighted by Gasteiger charge is -2.03. The Kier molecular flexibility index (Phi) is 30.9. The number of rotatable bonds is 28. The van der Waals surface area contributed by atoms with Crippen molar-refractivity contribution >= 4 is 19.6 Å². The van der Waals surface area contributed by atoms with E-state index in [1.165, 1.54) is 38.5 Å². The molecule has 0 amide bonds. The molecule has 0 aliphatic heterocycles. The Morgan fingerprint density at radius 3 is 1.10 bits per heavy atom. The van der Waals surface area contributed by atoms with E-state index >= 15 is 0 Å². The molecule has 3 heteroatoms. The first kappa shape index (κ1) is 37.2. The summed E-state index contributed by atoms with van der Waals surface area (Å²) in [6, 6.07) is 0.